The van der Waals surface area contributed by atoms with Crippen molar-refractivity contribution < 1.29 is 4.74 Å². The van der Waals surface area contributed by atoms with E-state index in [1.165, 1.54) is 14.7 Å². The molecule has 0 aromatic heterocycles. The average molecular weight is 416 g/mol. The summed E-state index contributed by atoms with van der Waals surface area (Å²) >= 11 is 8.49. The first-order valence-electron chi connectivity index (χ1n) is 6.89. The third-order valence-corrected chi connectivity index (χ3v) is 4.78. The van der Waals surface area contributed by atoms with Crippen LogP contribution in [0.4, 0.5) is 0 Å². The molecule has 21 heavy (non-hydrogen) atoms. The van der Waals surface area contributed by atoms with Gasteiger partial charge in [0.2, 0.25) is 0 Å². The van der Waals surface area contributed by atoms with Gasteiger partial charge < -0.3 is 10.1 Å². The van der Waals surface area contributed by atoms with Gasteiger partial charge in [-0.2, -0.15) is 0 Å². The molecule has 4 heteroatoms. The quantitative estimate of drug-likeness (QED) is 0.681. The maximum atomic E-state index is 6.12. The van der Waals surface area contributed by atoms with Crippen molar-refractivity contribution in [3.63, 3.8) is 0 Å². The van der Waals surface area contributed by atoms with E-state index in [9.17, 15) is 0 Å². The van der Waals surface area contributed by atoms with Crippen molar-refractivity contribution in [2.45, 2.75) is 18.9 Å². The Bertz CT molecular complexity index is 586. The molecule has 0 aliphatic rings. The molecule has 0 bridgehead atoms. The molecule has 1 atom stereocenters. The largest absolute Gasteiger partial charge is 0.497 e. The van der Waals surface area contributed by atoms with Crippen LogP contribution in [-0.2, 0) is 6.42 Å². The number of benzene rings is 2. The zero-order chi connectivity index (χ0) is 15.2. The molecule has 0 heterocycles. The first-order chi connectivity index (χ1) is 10.1. The number of rotatable bonds is 6. The molecule has 0 aliphatic carbocycles. The summed E-state index contributed by atoms with van der Waals surface area (Å²) in [6.45, 7) is 0. The van der Waals surface area contributed by atoms with Crippen molar-refractivity contribution in [3.05, 3.63) is 62.2 Å². The summed E-state index contributed by atoms with van der Waals surface area (Å²) in [4.78, 5) is 0. The highest BCUT2D eigenvalue weighted by Crippen LogP contribution is 2.27. The molecule has 0 aliphatic heterocycles. The van der Waals surface area contributed by atoms with Crippen LogP contribution >= 0.6 is 34.2 Å². The number of nitrogens with one attached hydrogen (secondary N) is 1. The third kappa shape index (κ3) is 4.59. The minimum atomic E-state index is 0.303. The van der Waals surface area contributed by atoms with Crippen LogP contribution in [0.1, 0.15) is 23.6 Å². The fourth-order valence-corrected chi connectivity index (χ4v) is 3.23. The Hall–Kier alpha value is -0.780. The molecule has 112 valence electrons. The third-order valence-electron chi connectivity index (χ3n) is 3.56. The lowest BCUT2D eigenvalue weighted by Gasteiger charge is -2.18. The van der Waals surface area contributed by atoms with Crippen LogP contribution in [0, 0.1) is 3.57 Å². The van der Waals surface area contributed by atoms with Gasteiger partial charge in [-0.15, -0.1) is 0 Å². The van der Waals surface area contributed by atoms with Gasteiger partial charge in [0.05, 0.1) is 7.11 Å². The number of methoxy groups -OCH3 is 1. The Morgan fingerprint density at radius 2 is 1.90 bits per heavy atom. The van der Waals surface area contributed by atoms with Crippen molar-refractivity contribution in [2.24, 2.45) is 0 Å². The summed E-state index contributed by atoms with van der Waals surface area (Å²) in [6, 6.07) is 14.6. The highest BCUT2D eigenvalue weighted by atomic mass is 127. The lowest BCUT2D eigenvalue weighted by Crippen LogP contribution is -2.18. The second-order valence-corrected chi connectivity index (χ2v) is 6.49. The molecule has 2 rings (SSSR count). The normalized spacial score (nSPS) is 12.2. The molecule has 1 unspecified atom stereocenters. The summed E-state index contributed by atoms with van der Waals surface area (Å²) in [6.07, 6.45) is 2.04. The minimum Gasteiger partial charge on any atom is -0.497 e. The molecule has 0 fully saturated rings. The van der Waals surface area contributed by atoms with Gasteiger partial charge in [-0.3, -0.25) is 0 Å². The number of halogens is 2. The molecular weight excluding hydrogens is 397 g/mol. The molecule has 2 aromatic rings. The molecule has 0 amide bonds. The van der Waals surface area contributed by atoms with E-state index in [-0.39, 0.29) is 0 Å². The van der Waals surface area contributed by atoms with E-state index in [2.05, 4.69) is 52.2 Å². The van der Waals surface area contributed by atoms with Crippen LogP contribution in [-0.4, -0.2) is 14.2 Å². The van der Waals surface area contributed by atoms with Gasteiger partial charge in [0.25, 0.3) is 0 Å². The highest BCUT2D eigenvalue weighted by Gasteiger charge is 2.13. The molecule has 0 spiro atoms. The Morgan fingerprint density at radius 3 is 2.52 bits per heavy atom. The second kappa shape index (κ2) is 8.01. The van der Waals surface area contributed by atoms with Crippen molar-refractivity contribution >= 4 is 34.2 Å². The Kier molecular flexibility index (Phi) is 6.33. The van der Waals surface area contributed by atoms with Crippen LogP contribution in [0.25, 0.3) is 0 Å². The second-order valence-electron chi connectivity index (χ2n) is 4.89. The Balaban J connectivity index is 2.06. The van der Waals surface area contributed by atoms with Gasteiger partial charge in [0, 0.05) is 14.6 Å². The van der Waals surface area contributed by atoms with Crippen LogP contribution < -0.4 is 10.1 Å². The van der Waals surface area contributed by atoms with Crippen molar-refractivity contribution in [2.75, 3.05) is 14.2 Å². The summed E-state index contributed by atoms with van der Waals surface area (Å²) in [5, 5.41) is 4.18. The zero-order valence-electron chi connectivity index (χ0n) is 12.2. The molecule has 0 radical (unpaired) electrons. The number of ether oxygens (including phenoxy) is 1. The Morgan fingerprint density at radius 1 is 1.19 bits per heavy atom. The van der Waals surface area contributed by atoms with Gasteiger partial charge in [0.15, 0.2) is 0 Å². The van der Waals surface area contributed by atoms with E-state index in [1.807, 2.05) is 25.2 Å². The molecule has 0 saturated carbocycles. The Labute approximate surface area is 145 Å². The molecule has 0 saturated heterocycles. The van der Waals surface area contributed by atoms with Crippen molar-refractivity contribution in [1.82, 2.24) is 5.32 Å². The average Bonchev–Trinajstić information content (AvgIpc) is 2.51. The van der Waals surface area contributed by atoms with E-state index in [1.54, 1.807) is 7.11 Å². The number of aryl methyl sites for hydroxylation is 1. The summed E-state index contributed by atoms with van der Waals surface area (Å²) in [5.74, 6) is 0.897. The molecule has 1 N–H and O–H groups in total. The predicted molar refractivity (Wildman–Crippen MR) is 97.3 cm³/mol. The SMILES string of the molecule is CNC(CCc1ccc(OC)cc1)c1cc(Cl)ccc1I. The topological polar surface area (TPSA) is 21.3 Å². The van der Waals surface area contributed by atoms with E-state index >= 15 is 0 Å². The van der Waals surface area contributed by atoms with E-state index in [4.69, 9.17) is 16.3 Å². The van der Waals surface area contributed by atoms with Crippen LogP contribution in [0.3, 0.4) is 0 Å². The lowest BCUT2D eigenvalue weighted by molar-refractivity contribution is 0.414. The van der Waals surface area contributed by atoms with E-state index in [0.717, 1.165) is 23.6 Å². The summed E-state index contributed by atoms with van der Waals surface area (Å²) in [5.41, 5.74) is 2.58. The van der Waals surface area contributed by atoms with Crippen LogP contribution in [0.5, 0.6) is 5.75 Å². The van der Waals surface area contributed by atoms with Gasteiger partial charge in [0.1, 0.15) is 5.75 Å². The lowest BCUT2D eigenvalue weighted by atomic mass is 9.99. The van der Waals surface area contributed by atoms with Crippen molar-refractivity contribution in [1.29, 1.82) is 0 Å². The van der Waals surface area contributed by atoms with Gasteiger partial charge in [-0.05, 0) is 83.9 Å². The monoisotopic (exact) mass is 415 g/mol. The molecule has 2 aromatic carbocycles. The first-order valence-corrected chi connectivity index (χ1v) is 8.35. The van der Waals surface area contributed by atoms with Gasteiger partial charge >= 0.3 is 0 Å². The van der Waals surface area contributed by atoms with Gasteiger partial charge in [-0.25, -0.2) is 0 Å². The van der Waals surface area contributed by atoms with Gasteiger partial charge in [-0.1, -0.05) is 23.7 Å². The zero-order valence-corrected chi connectivity index (χ0v) is 15.1. The predicted octanol–water partition coefficient (Wildman–Crippen LogP) is 4.85. The number of hydrogen-bond donors (Lipinski definition) is 1. The van der Waals surface area contributed by atoms with E-state index in [0.29, 0.717) is 6.04 Å². The fourth-order valence-electron chi connectivity index (χ4n) is 2.34. The minimum absolute atomic E-state index is 0.303. The summed E-state index contributed by atoms with van der Waals surface area (Å²) in [7, 11) is 3.68. The van der Waals surface area contributed by atoms with Crippen LogP contribution in [0.2, 0.25) is 5.02 Å². The van der Waals surface area contributed by atoms with Crippen molar-refractivity contribution in [3.8, 4) is 5.75 Å². The highest BCUT2D eigenvalue weighted by molar-refractivity contribution is 14.1. The molecular formula is C17H19ClINO. The fraction of sp³-hybridized carbons (Fsp3) is 0.294. The summed E-state index contributed by atoms with van der Waals surface area (Å²) < 4.78 is 6.43. The maximum absolute atomic E-state index is 6.12. The maximum Gasteiger partial charge on any atom is 0.118 e. The molecule has 2 nitrogen and oxygen atoms in total. The smallest absolute Gasteiger partial charge is 0.118 e. The van der Waals surface area contributed by atoms with Crippen LogP contribution in [0.15, 0.2) is 42.5 Å². The first kappa shape index (κ1) is 16.6. The van der Waals surface area contributed by atoms with E-state index < -0.39 is 0 Å². The standard InChI is InChI=1S/C17H19ClINO/c1-20-17(15-11-13(18)6-9-16(15)19)10-5-12-3-7-14(21-2)8-4-12/h3-4,6-9,11,17,20H,5,10H2,1-2H3. The number of hydrogen-bond acceptors (Lipinski definition) is 2.